The third-order valence-electron chi connectivity index (χ3n) is 5.57. The molecule has 1 aromatic heterocycles. The highest BCUT2D eigenvalue weighted by atomic mass is 32.1. The van der Waals surface area contributed by atoms with Crippen LogP contribution in [0.5, 0.6) is 0 Å². The highest BCUT2D eigenvalue weighted by molar-refractivity contribution is 7.16. The monoisotopic (exact) mass is 492 g/mol. The third kappa shape index (κ3) is 8.44. The quantitative estimate of drug-likeness (QED) is 0.272. The first kappa shape index (κ1) is 28.5. The van der Waals surface area contributed by atoms with E-state index in [1.54, 1.807) is 11.3 Å². The van der Waals surface area contributed by atoms with E-state index in [1.807, 2.05) is 6.07 Å². The van der Waals surface area contributed by atoms with Crippen molar-refractivity contribution in [2.75, 3.05) is 18.6 Å². The number of benzene rings is 2. The van der Waals surface area contributed by atoms with Crippen LogP contribution in [0.1, 0.15) is 62.1 Å². The van der Waals surface area contributed by atoms with Crippen molar-refractivity contribution in [3.05, 3.63) is 76.2 Å². The molecule has 0 radical (unpaired) electrons. The number of aliphatic hydroxyl groups excluding tert-OH is 1. The van der Waals surface area contributed by atoms with E-state index in [2.05, 4.69) is 87.2 Å². The molecule has 0 aliphatic heterocycles. The van der Waals surface area contributed by atoms with Gasteiger partial charge >= 0.3 is 0 Å². The maximum absolute atomic E-state index is 11.2. The number of aryl methyl sites for hydroxylation is 1. The molecule has 0 fully saturated rings. The zero-order chi connectivity index (χ0) is 25.6. The van der Waals surface area contributed by atoms with Gasteiger partial charge in [-0.25, -0.2) is 4.98 Å². The minimum Gasteiger partial charge on any atom is -0.400 e. The first-order chi connectivity index (χ1) is 17.0. The van der Waals surface area contributed by atoms with Crippen LogP contribution in [0.15, 0.2) is 54.6 Å². The number of thiazole rings is 1. The minimum absolute atomic E-state index is 0.498. The van der Waals surface area contributed by atoms with E-state index >= 15 is 0 Å². The van der Waals surface area contributed by atoms with Crippen LogP contribution < -0.4 is 4.90 Å². The molecular formula is C30H40N2O2S. The molecule has 0 bridgehead atoms. The van der Waals surface area contributed by atoms with Gasteiger partial charge in [0.15, 0.2) is 5.13 Å². The second kappa shape index (κ2) is 15.3. The Hall–Kier alpha value is -2.76. The Kier molecular flexibility index (Phi) is 12.4. The zero-order valence-electron chi connectivity index (χ0n) is 21.8. The smallest absolute Gasteiger partial charge is 0.186 e. The van der Waals surface area contributed by atoms with E-state index in [4.69, 9.17) is 10.1 Å². The topological polar surface area (TPSA) is 53.4 Å². The first-order valence-electron chi connectivity index (χ1n) is 12.5. The predicted molar refractivity (Wildman–Crippen MR) is 151 cm³/mol. The van der Waals surface area contributed by atoms with Gasteiger partial charge in [-0.3, -0.25) is 0 Å². The van der Waals surface area contributed by atoms with Gasteiger partial charge in [-0.15, -0.1) is 11.3 Å². The van der Waals surface area contributed by atoms with Crippen LogP contribution in [0.25, 0.3) is 17.3 Å². The molecule has 0 spiro atoms. The number of aldehydes is 1. The van der Waals surface area contributed by atoms with Crippen LogP contribution in [0.4, 0.5) is 5.13 Å². The minimum atomic E-state index is 0.498. The lowest BCUT2D eigenvalue weighted by atomic mass is 9.97. The molecule has 0 aliphatic rings. The highest BCUT2D eigenvalue weighted by Crippen LogP contribution is 2.36. The molecule has 0 aliphatic carbocycles. The average molecular weight is 493 g/mol. The lowest BCUT2D eigenvalue weighted by Gasteiger charge is -2.21. The number of hydrogen-bond acceptors (Lipinski definition) is 5. The van der Waals surface area contributed by atoms with Gasteiger partial charge in [0.2, 0.25) is 0 Å². The van der Waals surface area contributed by atoms with Gasteiger partial charge in [-0.2, -0.15) is 0 Å². The van der Waals surface area contributed by atoms with Gasteiger partial charge in [-0.1, -0.05) is 81.8 Å². The molecule has 0 saturated heterocycles. The van der Waals surface area contributed by atoms with E-state index < -0.39 is 0 Å². The fraction of sp³-hybridized carbons (Fsp3) is 0.400. The van der Waals surface area contributed by atoms with Crippen LogP contribution >= 0.6 is 11.3 Å². The Balaban J connectivity index is 0.00000210. The molecule has 35 heavy (non-hydrogen) atoms. The number of aromatic nitrogens is 1. The van der Waals surface area contributed by atoms with E-state index in [0.717, 1.165) is 50.0 Å². The van der Waals surface area contributed by atoms with E-state index in [-0.39, 0.29) is 0 Å². The van der Waals surface area contributed by atoms with Crippen LogP contribution in [0.3, 0.4) is 0 Å². The van der Waals surface area contributed by atoms with E-state index in [1.165, 1.54) is 27.1 Å². The molecule has 4 nitrogen and oxygen atoms in total. The van der Waals surface area contributed by atoms with Crippen molar-refractivity contribution in [2.24, 2.45) is 5.92 Å². The van der Waals surface area contributed by atoms with Crippen LogP contribution in [0, 0.1) is 5.92 Å². The van der Waals surface area contributed by atoms with Crippen molar-refractivity contribution in [3.63, 3.8) is 0 Å². The third-order valence-corrected chi connectivity index (χ3v) is 6.71. The van der Waals surface area contributed by atoms with Crippen molar-refractivity contribution >= 4 is 28.8 Å². The molecule has 0 atom stereocenters. The maximum atomic E-state index is 11.2. The largest absolute Gasteiger partial charge is 0.400 e. The van der Waals surface area contributed by atoms with Crippen molar-refractivity contribution in [1.29, 1.82) is 0 Å². The van der Waals surface area contributed by atoms with Gasteiger partial charge in [0.05, 0.1) is 5.69 Å². The number of carbonyl (C=O) groups excluding carboxylic acids is 1. The molecule has 0 amide bonds. The van der Waals surface area contributed by atoms with Gasteiger partial charge in [0, 0.05) is 37.1 Å². The SMILES string of the molecule is C/C=C\c1cc(-c2nc(N(CCC=O)Cc3ccccc3)sc2CC(C)C)ccc1CCC.CO. The van der Waals surface area contributed by atoms with Crippen molar-refractivity contribution < 1.29 is 9.90 Å². The first-order valence-corrected chi connectivity index (χ1v) is 13.3. The van der Waals surface area contributed by atoms with Gasteiger partial charge in [0.1, 0.15) is 6.29 Å². The summed E-state index contributed by atoms with van der Waals surface area (Å²) in [5.41, 5.74) is 6.16. The van der Waals surface area contributed by atoms with Crippen molar-refractivity contribution in [2.45, 2.75) is 59.9 Å². The maximum Gasteiger partial charge on any atom is 0.186 e. The molecular weight excluding hydrogens is 452 g/mol. The average Bonchev–Trinajstić information content (AvgIpc) is 3.28. The molecule has 5 heteroatoms. The fourth-order valence-corrected chi connectivity index (χ4v) is 5.36. The Morgan fingerprint density at radius 3 is 2.49 bits per heavy atom. The molecule has 188 valence electrons. The Labute approximate surface area is 215 Å². The van der Waals surface area contributed by atoms with Gasteiger partial charge < -0.3 is 14.8 Å². The molecule has 0 saturated carbocycles. The standard InChI is InChI=1S/C29H36N2OS.CH4O/c1-5-11-24-15-16-26(20-25(24)12-6-2)28-27(19-22(3)4)33-29(30-28)31(17-10-18-32)21-23-13-8-7-9-14-23;1-2/h6-9,12-16,18,20,22H,5,10-11,17,19,21H2,1-4H3;2H,1H3/b12-6-;. The number of allylic oxidation sites excluding steroid dienone is 1. The highest BCUT2D eigenvalue weighted by Gasteiger charge is 2.19. The lowest BCUT2D eigenvalue weighted by molar-refractivity contribution is -0.107. The molecule has 1 N–H and O–H groups in total. The number of rotatable bonds is 12. The summed E-state index contributed by atoms with van der Waals surface area (Å²) < 4.78 is 0. The van der Waals surface area contributed by atoms with Crippen molar-refractivity contribution in [1.82, 2.24) is 4.98 Å². The Morgan fingerprint density at radius 1 is 1.11 bits per heavy atom. The molecule has 1 heterocycles. The molecule has 0 unspecified atom stereocenters. The van der Waals surface area contributed by atoms with E-state index in [0.29, 0.717) is 18.9 Å². The summed E-state index contributed by atoms with van der Waals surface area (Å²) in [4.78, 5) is 19.9. The molecule has 3 aromatic rings. The summed E-state index contributed by atoms with van der Waals surface area (Å²) in [6.45, 7) is 10.2. The number of aliphatic hydroxyl groups is 1. The lowest BCUT2D eigenvalue weighted by Crippen LogP contribution is -2.24. The number of anilines is 1. The summed E-state index contributed by atoms with van der Waals surface area (Å²) >= 11 is 1.77. The summed E-state index contributed by atoms with van der Waals surface area (Å²) in [5.74, 6) is 0.545. The second-order valence-corrected chi connectivity index (χ2v) is 9.95. The molecule has 2 aromatic carbocycles. The van der Waals surface area contributed by atoms with Crippen LogP contribution in [0.2, 0.25) is 0 Å². The summed E-state index contributed by atoms with van der Waals surface area (Å²) in [5, 5.41) is 8.00. The normalized spacial score (nSPS) is 10.9. The van der Waals surface area contributed by atoms with Gasteiger partial charge in [0.25, 0.3) is 0 Å². The zero-order valence-corrected chi connectivity index (χ0v) is 22.6. The van der Waals surface area contributed by atoms with Crippen LogP contribution in [-0.2, 0) is 24.2 Å². The summed E-state index contributed by atoms with van der Waals surface area (Å²) in [6.07, 6.45) is 9.02. The number of carbonyl (C=O) groups is 1. The Morgan fingerprint density at radius 2 is 1.86 bits per heavy atom. The summed E-state index contributed by atoms with van der Waals surface area (Å²) in [7, 11) is 1.00. The number of hydrogen-bond donors (Lipinski definition) is 1. The number of nitrogens with zero attached hydrogens (tertiary/aromatic N) is 2. The van der Waals surface area contributed by atoms with Crippen LogP contribution in [-0.4, -0.2) is 30.0 Å². The molecule has 3 rings (SSSR count). The van der Waals surface area contributed by atoms with Gasteiger partial charge in [-0.05, 0) is 48.4 Å². The fourth-order valence-electron chi connectivity index (χ4n) is 4.04. The van der Waals surface area contributed by atoms with E-state index in [9.17, 15) is 4.79 Å². The summed E-state index contributed by atoms with van der Waals surface area (Å²) in [6, 6.07) is 17.2. The van der Waals surface area contributed by atoms with Crippen molar-refractivity contribution in [3.8, 4) is 11.3 Å². The second-order valence-electron chi connectivity index (χ2n) is 8.89. The predicted octanol–water partition coefficient (Wildman–Crippen LogP) is 7.20. The Bertz CT molecular complexity index is 1060.